The maximum atomic E-state index is 12.2. The third kappa shape index (κ3) is 5.36. The average Bonchev–Trinajstić information content (AvgIpc) is 3.27. The Morgan fingerprint density at radius 2 is 1.74 bits per heavy atom. The molecule has 0 spiro atoms. The van der Waals surface area contributed by atoms with E-state index in [0.717, 1.165) is 16.8 Å². The number of aryl methyl sites for hydroxylation is 2. The number of hydrogen-bond donors (Lipinski definition) is 2. The predicted octanol–water partition coefficient (Wildman–Crippen LogP) is 2.09. The van der Waals surface area contributed by atoms with Gasteiger partial charge in [-0.15, -0.1) is 0 Å². The minimum absolute atomic E-state index is 0.0215. The van der Waals surface area contributed by atoms with E-state index in [0.29, 0.717) is 5.92 Å². The summed E-state index contributed by atoms with van der Waals surface area (Å²) in [5, 5.41) is 5.94. The molecule has 0 saturated heterocycles. The van der Waals surface area contributed by atoms with Crippen molar-refractivity contribution in [1.29, 1.82) is 0 Å². The van der Waals surface area contributed by atoms with Crippen molar-refractivity contribution < 1.29 is 9.59 Å². The summed E-state index contributed by atoms with van der Waals surface area (Å²) in [5.41, 5.74) is 2.94. The summed E-state index contributed by atoms with van der Waals surface area (Å²) >= 11 is 0. The first-order chi connectivity index (χ1) is 10.9. The van der Waals surface area contributed by atoms with Crippen LogP contribution in [-0.2, 0) is 9.59 Å². The minimum atomic E-state index is -0.104. The number of nitrogens with one attached hydrogen (secondary N) is 2. The molecule has 0 aromatic heterocycles. The summed E-state index contributed by atoms with van der Waals surface area (Å²) in [7, 11) is 1.78. The van der Waals surface area contributed by atoms with Crippen LogP contribution in [0.25, 0.3) is 0 Å². The summed E-state index contributed by atoms with van der Waals surface area (Å²) in [6.45, 7) is 6.41. The Hall–Kier alpha value is -1.88. The molecule has 0 radical (unpaired) electrons. The van der Waals surface area contributed by atoms with E-state index in [1.807, 2.05) is 39.0 Å². The molecule has 0 bridgehead atoms. The summed E-state index contributed by atoms with van der Waals surface area (Å²) in [4.78, 5) is 25.9. The summed E-state index contributed by atoms with van der Waals surface area (Å²) in [6, 6.07) is 6.15. The van der Waals surface area contributed by atoms with Gasteiger partial charge in [0, 0.05) is 11.7 Å². The number of rotatable bonds is 7. The standard InChI is InChI=1S/C18H27N3O2/c1-12-6-5-7-13(2)18(12)20-17(23)11-21(4)10-16(22)19-14(3)15-8-9-15/h5-7,14-15H,8-11H2,1-4H3,(H,19,22)(H,20,23)/t14-/m0/s1. The quantitative estimate of drug-likeness (QED) is 0.809. The fourth-order valence-electron chi connectivity index (χ4n) is 2.75. The van der Waals surface area contributed by atoms with Crippen molar-refractivity contribution in [3.63, 3.8) is 0 Å². The number of para-hydroxylation sites is 1. The van der Waals surface area contributed by atoms with Gasteiger partial charge in [-0.25, -0.2) is 0 Å². The fourth-order valence-corrected chi connectivity index (χ4v) is 2.75. The molecule has 2 amide bonds. The van der Waals surface area contributed by atoms with Gasteiger partial charge >= 0.3 is 0 Å². The number of carbonyl (C=O) groups is 2. The van der Waals surface area contributed by atoms with E-state index in [2.05, 4.69) is 10.6 Å². The molecule has 5 heteroatoms. The number of hydrogen-bond acceptors (Lipinski definition) is 3. The van der Waals surface area contributed by atoms with Crippen LogP contribution in [0, 0.1) is 19.8 Å². The van der Waals surface area contributed by atoms with Crippen molar-refractivity contribution >= 4 is 17.5 Å². The van der Waals surface area contributed by atoms with Crippen molar-refractivity contribution in [3.8, 4) is 0 Å². The van der Waals surface area contributed by atoms with Gasteiger partial charge in [-0.2, -0.15) is 0 Å². The topological polar surface area (TPSA) is 61.4 Å². The highest BCUT2D eigenvalue weighted by Crippen LogP contribution is 2.32. The van der Waals surface area contributed by atoms with Gasteiger partial charge in [0.1, 0.15) is 0 Å². The zero-order valence-corrected chi connectivity index (χ0v) is 14.5. The third-order valence-electron chi connectivity index (χ3n) is 4.29. The lowest BCUT2D eigenvalue weighted by molar-refractivity contribution is -0.123. The number of carbonyl (C=O) groups excluding carboxylic acids is 2. The smallest absolute Gasteiger partial charge is 0.238 e. The number of anilines is 1. The summed E-state index contributed by atoms with van der Waals surface area (Å²) < 4.78 is 0. The van der Waals surface area contributed by atoms with E-state index in [1.54, 1.807) is 11.9 Å². The molecule has 1 atom stereocenters. The Kier molecular flexibility index (Phi) is 5.77. The Bertz CT molecular complexity index is 561. The molecule has 23 heavy (non-hydrogen) atoms. The van der Waals surface area contributed by atoms with Crippen LogP contribution in [0.4, 0.5) is 5.69 Å². The van der Waals surface area contributed by atoms with Crippen LogP contribution in [0.15, 0.2) is 18.2 Å². The van der Waals surface area contributed by atoms with Gasteiger partial charge in [0.2, 0.25) is 11.8 Å². The zero-order chi connectivity index (χ0) is 17.0. The van der Waals surface area contributed by atoms with Gasteiger partial charge < -0.3 is 10.6 Å². The van der Waals surface area contributed by atoms with Crippen LogP contribution in [0.5, 0.6) is 0 Å². The fraction of sp³-hybridized carbons (Fsp3) is 0.556. The first-order valence-corrected chi connectivity index (χ1v) is 8.20. The molecule has 5 nitrogen and oxygen atoms in total. The second-order valence-corrected chi connectivity index (χ2v) is 6.68. The van der Waals surface area contributed by atoms with Crippen LogP contribution >= 0.6 is 0 Å². The normalized spacial score (nSPS) is 15.3. The van der Waals surface area contributed by atoms with Crippen molar-refractivity contribution in [2.24, 2.45) is 5.92 Å². The number of amides is 2. The number of benzene rings is 1. The SMILES string of the molecule is Cc1cccc(C)c1NC(=O)CN(C)CC(=O)N[C@@H](C)C1CC1. The molecule has 0 aliphatic heterocycles. The zero-order valence-electron chi connectivity index (χ0n) is 14.5. The highest BCUT2D eigenvalue weighted by molar-refractivity contribution is 5.94. The van der Waals surface area contributed by atoms with Crippen LogP contribution in [0.3, 0.4) is 0 Å². The minimum Gasteiger partial charge on any atom is -0.352 e. The van der Waals surface area contributed by atoms with Crippen LogP contribution in [0.2, 0.25) is 0 Å². The maximum absolute atomic E-state index is 12.2. The molecule has 0 unspecified atom stereocenters. The number of likely N-dealkylation sites (N-methyl/N-ethyl adjacent to an activating group) is 1. The lowest BCUT2D eigenvalue weighted by Gasteiger charge is -2.19. The second kappa shape index (κ2) is 7.59. The van der Waals surface area contributed by atoms with Gasteiger partial charge in [-0.1, -0.05) is 18.2 Å². The largest absolute Gasteiger partial charge is 0.352 e. The molecule has 1 saturated carbocycles. The van der Waals surface area contributed by atoms with E-state index in [-0.39, 0.29) is 30.9 Å². The van der Waals surface area contributed by atoms with Gasteiger partial charge in [0.15, 0.2) is 0 Å². The molecular formula is C18H27N3O2. The monoisotopic (exact) mass is 317 g/mol. The van der Waals surface area contributed by atoms with E-state index >= 15 is 0 Å². The third-order valence-corrected chi connectivity index (χ3v) is 4.29. The Balaban J connectivity index is 1.79. The molecular weight excluding hydrogens is 290 g/mol. The predicted molar refractivity (Wildman–Crippen MR) is 92.4 cm³/mol. The highest BCUT2D eigenvalue weighted by atomic mass is 16.2. The molecule has 2 N–H and O–H groups in total. The molecule has 0 heterocycles. The van der Waals surface area contributed by atoms with Gasteiger partial charge in [0.25, 0.3) is 0 Å². The van der Waals surface area contributed by atoms with E-state index in [4.69, 9.17) is 0 Å². The van der Waals surface area contributed by atoms with Crippen molar-refractivity contribution in [3.05, 3.63) is 29.3 Å². The average molecular weight is 317 g/mol. The number of nitrogens with zero attached hydrogens (tertiary/aromatic N) is 1. The molecule has 1 aliphatic carbocycles. The lowest BCUT2D eigenvalue weighted by atomic mass is 10.1. The highest BCUT2D eigenvalue weighted by Gasteiger charge is 2.29. The summed E-state index contributed by atoms with van der Waals surface area (Å²) in [6.07, 6.45) is 2.41. The van der Waals surface area contributed by atoms with E-state index < -0.39 is 0 Å². The first kappa shape index (κ1) is 17.5. The van der Waals surface area contributed by atoms with Crippen LogP contribution in [-0.4, -0.2) is 42.9 Å². The van der Waals surface area contributed by atoms with Gasteiger partial charge in [0.05, 0.1) is 13.1 Å². The van der Waals surface area contributed by atoms with Gasteiger partial charge in [-0.05, 0) is 57.7 Å². The first-order valence-electron chi connectivity index (χ1n) is 8.20. The molecule has 1 aliphatic rings. The Labute approximate surface area is 138 Å². The molecule has 1 aromatic carbocycles. The van der Waals surface area contributed by atoms with E-state index in [9.17, 15) is 9.59 Å². The molecule has 1 aromatic rings. The molecule has 126 valence electrons. The summed E-state index contributed by atoms with van der Waals surface area (Å²) in [5.74, 6) is 0.510. The van der Waals surface area contributed by atoms with Crippen LogP contribution in [0.1, 0.15) is 30.9 Å². The molecule has 2 rings (SSSR count). The second-order valence-electron chi connectivity index (χ2n) is 6.68. The lowest BCUT2D eigenvalue weighted by Crippen LogP contribution is -2.42. The van der Waals surface area contributed by atoms with Crippen LogP contribution < -0.4 is 10.6 Å². The van der Waals surface area contributed by atoms with Crippen molar-refractivity contribution in [1.82, 2.24) is 10.2 Å². The maximum Gasteiger partial charge on any atom is 0.238 e. The van der Waals surface area contributed by atoms with Crippen molar-refractivity contribution in [2.75, 3.05) is 25.5 Å². The Morgan fingerprint density at radius 3 is 2.30 bits per heavy atom. The Morgan fingerprint density at radius 1 is 1.17 bits per heavy atom. The van der Waals surface area contributed by atoms with Gasteiger partial charge in [-0.3, -0.25) is 14.5 Å². The molecule has 1 fully saturated rings. The van der Waals surface area contributed by atoms with Crippen molar-refractivity contribution in [2.45, 2.75) is 39.7 Å². The van der Waals surface area contributed by atoms with E-state index in [1.165, 1.54) is 12.8 Å².